The SMILES string of the molecule is CC1(C)c2cc(N3CCC(N4CCCC4)CC3)c(C3=CCNCC3)cc2C(=O)c2c1[nH]c1cc(C#N)ccc21. The molecule has 0 saturated carbocycles. The van der Waals surface area contributed by atoms with Crippen molar-refractivity contribution in [3.63, 3.8) is 0 Å². The first-order valence-electron chi connectivity index (χ1n) is 14.6. The lowest BCUT2D eigenvalue weighted by atomic mass is 9.70. The first-order chi connectivity index (χ1) is 19.0. The maximum atomic E-state index is 14.2. The summed E-state index contributed by atoms with van der Waals surface area (Å²) >= 11 is 0. The number of benzene rings is 2. The van der Waals surface area contributed by atoms with Crippen molar-refractivity contribution in [2.75, 3.05) is 44.2 Å². The Morgan fingerprint density at radius 2 is 1.82 bits per heavy atom. The van der Waals surface area contributed by atoms with Gasteiger partial charge in [0.25, 0.3) is 0 Å². The number of hydrogen-bond acceptors (Lipinski definition) is 5. The van der Waals surface area contributed by atoms with E-state index in [4.69, 9.17) is 0 Å². The van der Waals surface area contributed by atoms with Crippen LogP contribution in [0.15, 0.2) is 36.4 Å². The summed E-state index contributed by atoms with van der Waals surface area (Å²) in [4.78, 5) is 23.1. The molecule has 6 nitrogen and oxygen atoms in total. The lowest BCUT2D eigenvalue weighted by molar-refractivity contribution is 0.103. The number of piperidine rings is 1. The minimum Gasteiger partial charge on any atom is -0.371 e. The molecular weight excluding hydrogens is 482 g/mol. The zero-order valence-electron chi connectivity index (χ0n) is 23.1. The normalized spacial score (nSPS) is 21.5. The maximum absolute atomic E-state index is 14.2. The molecule has 200 valence electrons. The highest BCUT2D eigenvalue weighted by molar-refractivity contribution is 6.20. The summed E-state index contributed by atoms with van der Waals surface area (Å²) in [5.41, 5.74) is 8.60. The topological polar surface area (TPSA) is 75.2 Å². The number of nitriles is 1. The van der Waals surface area contributed by atoms with Crippen LogP contribution in [0.4, 0.5) is 5.69 Å². The predicted molar refractivity (Wildman–Crippen MR) is 157 cm³/mol. The summed E-state index contributed by atoms with van der Waals surface area (Å²) in [7, 11) is 0. The number of nitrogens with one attached hydrogen (secondary N) is 2. The molecule has 3 aromatic rings. The van der Waals surface area contributed by atoms with Crippen LogP contribution in [-0.4, -0.2) is 61.0 Å². The van der Waals surface area contributed by atoms with E-state index in [-0.39, 0.29) is 11.2 Å². The third kappa shape index (κ3) is 3.94. The van der Waals surface area contributed by atoms with Gasteiger partial charge in [-0.05, 0) is 87.1 Å². The van der Waals surface area contributed by atoms with Gasteiger partial charge >= 0.3 is 0 Å². The molecule has 39 heavy (non-hydrogen) atoms. The Balaban J connectivity index is 1.34. The quantitative estimate of drug-likeness (QED) is 0.488. The fraction of sp³-hybridized carbons (Fsp3) is 0.455. The van der Waals surface area contributed by atoms with Gasteiger partial charge in [0, 0.05) is 64.5 Å². The van der Waals surface area contributed by atoms with E-state index >= 15 is 0 Å². The molecule has 3 aliphatic heterocycles. The number of carbonyl (C=O) groups excluding carboxylic acids is 1. The van der Waals surface area contributed by atoms with Crippen molar-refractivity contribution in [3.05, 3.63) is 69.9 Å². The molecule has 0 spiro atoms. The van der Waals surface area contributed by atoms with Gasteiger partial charge in [0.05, 0.1) is 17.2 Å². The van der Waals surface area contributed by atoms with Crippen LogP contribution in [0.5, 0.6) is 0 Å². The highest BCUT2D eigenvalue weighted by Gasteiger charge is 2.41. The van der Waals surface area contributed by atoms with Crippen LogP contribution in [0.25, 0.3) is 16.5 Å². The average Bonchev–Trinajstić information content (AvgIpc) is 3.65. The standard InChI is InChI=1S/C33H37N5O/c1-33(2)27-19-29(38-15-9-23(10-16-38)37-13-3-4-14-37)25(22-7-11-35-12-8-22)18-26(27)31(39)30-24-6-5-21(20-34)17-28(24)36-32(30)33/h5-7,17-19,23,35-36H,3-4,8-16H2,1-2H3. The van der Waals surface area contributed by atoms with Crippen molar-refractivity contribution in [1.82, 2.24) is 15.2 Å². The van der Waals surface area contributed by atoms with Crippen molar-refractivity contribution in [3.8, 4) is 6.07 Å². The van der Waals surface area contributed by atoms with Crippen molar-refractivity contribution in [2.24, 2.45) is 0 Å². The minimum absolute atomic E-state index is 0.0883. The van der Waals surface area contributed by atoms with Crippen LogP contribution in [0, 0.1) is 11.3 Å². The number of fused-ring (bicyclic) bond motifs is 4. The Labute approximate surface area is 230 Å². The molecule has 0 atom stereocenters. The summed E-state index contributed by atoms with van der Waals surface area (Å²) in [6, 6.07) is 13.1. The van der Waals surface area contributed by atoms with Gasteiger partial charge in [0.15, 0.2) is 5.78 Å². The summed E-state index contributed by atoms with van der Waals surface area (Å²) in [6.45, 7) is 10.9. The summed E-state index contributed by atoms with van der Waals surface area (Å²) in [5.74, 6) is 0.0883. The van der Waals surface area contributed by atoms with Crippen molar-refractivity contribution in [1.29, 1.82) is 5.26 Å². The van der Waals surface area contributed by atoms with Gasteiger partial charge in [-0.3, -0.25) is 4.79 Å². The molecule has 2 aromatic carbocycles. The predicted octanol–water partition coefficient (Wildman–Crippen LogP) is 5.35. The van der Waals surface area contributed by atoms with E-state index in [1.807, 2.05) is 18.2 Å². The third-order valence-electron chi connectivity index (χ3n) is 9.71. The first kappa shape index (κ1) is 24.6. The molecule has 4 aliphatic rings. The van der Waals surface area contributed by atoms with E-state index in [1.54, 1.807) is 0 Å². The maximum Gasteiger partial charge on any atom is 0.195 e. The summed E-state index contributed by atoms with van der Waals surface area (Å²) in [5, 5.41) is 13.8. The van der Waals surface area contributed by atoms with Gasteiger partial charge < -0.3 is 20.1 Å². The van der Waals surface area contributed by atoms with E-state index in [2.05, 4.69) is 58.2 Å². The monoisotopic (exact) mass is 519 g/mol. The third-order valence-corrected chi connectivity index (χ3v) is 9.71. The van der Waals surface area contributed by atoms with Crippen LogP contribution >= 0.6 is 0 Å². The molecule has 6 heteroatoms. The zero-order valence-corrected chi connectivity index (χ0v) is 23.1. The molecule has 4 heterocycles. The molecule has 0 unspecified atom stereocenters. The fourth-order valence-corrected chi connectivity index (χ4v) is 7.50. The van der Waals surface area contributed by atoms with Crippen LogP contribution in [-0.2, 0) is 5.41 Å². The van der Waals surface area contributed by atoms with E-state index in [0.29, 0.717) is 11.6 Å². The molecule has 7 rings (SSSR count). The molecule has 0 bridgehead atoms. The molecule has 2 fully saturated rings. The molecule has 1 aliphatic carbocycles. The van der Waals surface area contributed by atoms with Gasteiger partial charge in [-0.2, -0.15) is 5.26 Å². The van der Waals surface area contributed by atoms with Gasteiger partial charge in [-0.25, -0.2) is 0 Å². The van der Waals surface area contributed by atoms with Gasteiger partial charge in [0.1, 0.15) is 0 Å². The first-order valence-corrected chi connectivity index (χ1v) is 14.6. The summed E-state index contributed by atoms with van der Waals surface area (Å²) < 4.78 is 0. The molecular formula is C33H37N5O. The highest BCUT2D eigenvalue weighted by Crippen LogP contribution is 2.47. The number of anilines is 1. The lowest BCUT2D eigenvalue weighted by Crippen LogP contribution is -2.44. The number of aromatic amines is 1. The van der Waals surface area contributed by atoms with E-state index < -0.39 is 0 Å². The Morgan fingerprint density at radius 3 is 2.54 bits per heavy atom. The van der Waals surface area contributed by atoms with E-state index in [0.717, 1.165) is 65.9 Å². The van der Waals surface area contributed by atoms with Crippen LogP contribution in [0.1, 0.15) is 84.3 Å². The molecule has 1 aromatic heterocycles. The average molecular weight is 520 g/mol. The molecule has 2 saturated heterocycles. The minimum atomic E-state index is -0.367. The molecule has 2 N–H and O–H groups in total. The smallest absolute Gasteiger partial charge is 0.195 e. The Bertz CT molecular complexity index is 1540. The van der Waals surface area contributed by atoms with Crippen molar-refractivity contribution >= 4 is 27.9 Å². The van der Waals surface area contributed by atoms with Crippen LogP contribution in [0.2, 0.25) is 0 Å². The number of ketones is 1. The van der Waals surface area contributed by atoms with Crippen molar-refractivity contribution < 1.29 is 4.79 Å². The number of aromatic nitrogens is 1. The highest BCUT2D eigenvalue weighted by atomic mass is 16.1. The Morgan fingerprint density at radius 1 is 1.03 bits per heavy atom. The van der Waals surface area contributed by atoms with Gasteiger partial charge in [-0.1, -0.05) is 26.0 Å². The van der Waals surface area contributed by atoms with E-state index in [1.165, 1.54) is 55.6 Å². The molecule has 0 radical (unpaired) electrons. The van der Waals surface area contributed by atoms with Gasteiger partial charge in [-0.15, -0.1) is 0 Å². The number of nitrogens with zero attached hydrogens (tertiary/aromatic N) is 3. The second-order valence-corrected chi connectivity index (χ2v) is 12.3. The lowest BCUT2D eigenvalue weighted by Gasteiger charge is -2.40. The van der Waals surface area contributed by atoms with Crippen molar-refractivity contribution in [2.45, 2.75) is 57.4 Å². The number of H-pyrrole nitrogens is 1. The number of carbonyl (C=O) groups is 1. The second kappa shape index (κ2) is 9.36. The van der Waals surface area contributed by atoms with Crippen LogP contribution < -0.4 is 10.2 Å². The largest absolute Gasteiger partial charge is 0.371 e. The van der Waals surface area contributed by atoms with Gasteiger partial charge in [0.2, 0.25) is 0 Å². The second-order valence-electron chi connectivity index (χ2n) is 12.3. The number of rotatable bonds is 3. The van der Waals surface area contributed by atoms with E-state index in [9.17, 15) is 10.1 Å². The number of hydrogen-bond donors (Lipinski definition) is 2. The Hall–Kier alpha value is -3.40. The molecule has 0 amide bonds. The Kier molecular flexibility index (Phi) is 5.91. The number of likely N-dealkylation sites (tertiary alicyclic amines) is 1. The fourth-order valence-electron chi connectivity index (χ4n) is 7.50. The zero-order chi connectivity index (χ0) is 26.7. The van der Waals surface area contributed by atoms with Crippen LogP contribution in [0.3, 0.4) is 0 Å². The summed E-state index contributed by atoms with van der Waals surface area (Å²) in [6.07, 6.45) is 8.37.